The van der Waals surface area contributed by atoms with E-state index >= 15 is 0 Å². The van der Waals surface area contributed by atoms with E-state index in [4.69, 9.17) is 4.42 Å². The molecule has 3 aromatic rings. The maximum absolute atomic E-state index is 12.9. The van der Waals surface area contributed by atoms with E-state index < -0.39 is 0 Å². The van der Waals surface area contributed by atoms with Crippen molar-refractivity contribution in [3.05, 3.63) is 54.1 Å². The van der Waals surface area contributed by atoms with Crippen molar-refractivity contribution in [3.63, 3.8) is 0 Å². The van der Waals surface area contributed by atoms with Crippen LogP contribution in [-0.2, 0) is 4.79 Å². The molecule has 0 saturated carbocycles. The molecule has 5 rings (SSSR count). The lowest BCUT2D eigenvalue weighted by Gasteiger charge is -2.32. The summed E-state index contributed by atoms with van der Waals surface area (Å²) in [5, 5.41) is 3.31. The zero-order valence-corrected chi connectivity index (χ0v) is 16.5. The van der Waals surface area contributed by atoms with Crippen molar-refractivity contribution in [2.45, 2.75) is 30.2 Å². The van der Waals surface area contributed by atoms with Gasteiger partial charge in [-0.05, 0) is 43.0 Å². The van der Waals surface area contributed by atoms with Gasteiger partial charge >= 0.3 is 0 Å². The minimum Gasteiger partial charge on any atom is -0.423 e. The summed E-state index contributed by atoms with van der Waals surface area (Å²) in [6.45, 7) is 1.59. The molecule has 0 spiro atoms. The van der Waals surface area contributed by atoms with Gasteiger partial charge in [0.25, 0.3) is 6.01 Å². The molecule has 1 atom stereocenters. The van der Waals surface area contributed by atoms with Crippen LogP contribution >= 0.6 is 11.8 Å². The molecule has 1 unspecified atom stereocenters. The number of anilines is 1. The summed E-state index contributed by atoms with van der Waals surface area (Å²) in [4.78, 5) is 20.9. The first-order valence-electron chi connectivity index (χ1n) is 9.90. The quantitative estimate of drug-likeness (QED) is 0.715. The maximum atomic E-state index is 12.9. The monoisotopic (exact) mass is 393 g/mol. The van der Waals surface area contributed by atoms with Crippen LogP contribution in [0.15, 0.2) is 57.8 Å². The van der Waals surface area contributed by atoms with Crippen molar-refractivity contribution >= 4 is 34.8 Å². The summed E-state index contributed by atoms with van der Waals surface area (Å²) < 4.78 is 5.88. The number of aromatic nitrogens is 1. The number of carbonyl (C=O) groups is 1. The fraction of sp³-hybridized carbons (Fsp3) is 0.364. The molecule has 6 heteroatoms. The molecule has 28 heavy (non-hydrogen) atoms. The predicted octanol–water partition coefficient (Wildman–Crippen LogP) is 4.40. The number of oxazole rings is 1. The van der Waals surface area contributed by atoms with Gasteiger partial charge in [-0.3, -0.25) is 4.79 Å². The van der Waals surface area contributed by atoms with Crippen molar-refractivity contribution in [2.24, 2.45) is 5.92 Å². The second-order valence-corrected chi connectivity index (χ2v) is 8.60. The van der Waals surface area contributed by atoms with Crippen LogP contribution in [0.4, 0.5) is 6.01 Å². The molecular weight excluding hydrogens is 370 g/mol. The van der Waals surface area contributed by atoms with Gasteiger partial charge in [0.05, 0.1) is 6.04 Å². The Hall–Kier alpha value is -2.47. The summed E-state index contributed by atoms with van der Waals surface area (Å²) in [5.41, 5.74) is 2.95. The Morgan fingerprint density at radius 2 is 1.86 bits per heavy atom. The molecule has 2 aliphatic rings. The van der Waals surface area contributed by atoms with Gasteiger partial charge < -0.3 is 14.6 Å². The number of nitrogens with one attached hydrogen (secondary N) is 1. The van der Waals surface area contributed by atoms with Crippen LogP contribution in [0.25, 0.3) is 11.1 Å². The third-order valence-corrected chi connectivity index (χ3v) is 6.82. The summed E-state index contributed by atoms with van der Waals surface area (Å²) in [6.07, 6.45) is 2.65. The normalized spacial score (nSPS) is 20.1. The Balaban J connectivity index is 1.22. The number of amides is 1. The zero-order valence-electron chi connectivity index (χ0n) is 15.6. The number of hydrogen-bond acceptors (Lipinski definition) is 5. The first-order chi connectivity index (χ1) is 13.8. The van der Waals surface area contributed by atoms with E-state index in [1.165, 1.54) is 10.5 Å². The third kappa shape index (κ3) is 3.37. The average Bonchev–Trinajstić information content (AvgIpc) is 3.18. The Morgan fingerprint density at radius 1 is 1.07 bits per heavy atom. The first kappa shape index (κ1) is 17.6. The lowest BCUT2D eigenvalue weighted by Crippen LogP contribution is -2.42. The van der Waals surface area contributed by atoms with Gasteiger partial charge in [-0.2, -0.15) is 4.98 Å². The number of thioether (sulfide) groups is 1. The van der Waals surface area contributed by atoms with Crippen molar-refractivity contribution in [3.8, 4) is 0 Å². The Bertz CT molecular complexity index is 961. The Morgan fingerprint density at radius 3 is 2.71 bits per heavy atom. The predicted molar refractivity (Wildman–Crippen MR) is 112 cm³/mol. The number of benzene rings is 2. The number of fused-ring (bicyclic) bond motifs is 2. The summed E-state index contributed by atoms with van der Waals surface area (Å²) in [7, 11) is 0. The minimum absolute atomic E-state index is 0.0578. The Kier molecular flexibility index (Phi) is 4.72. The molecule has 0 radical (unpaired) electrons. The van der Waals surface area contributed by atoms with Gasteiger partial charge in [-0.25, -0.2) is 0 Å². The second-order valence-electron chi connectivity index (χ2n) is 7.46. The van der Waals surface area contributed by atoms with Crippen molar-refractivity contribution in [1.29, 1.82) is 0 Å². The van der Waals surface area contributed by atoms with E-state index in [9.17, 15) is 4.79 Å². The smallest absolute Gasteiger partial charge is 0.298 e. The second kappa shape index (κ2) is 7.51. The van der Waals surface area contributed by atoms with Gasteiger partial charge in [-0.1, -0.05) is 30.3 Å². The maximum Gasteiger partial charge on any atom is 0.298 e. The van der Waals surface area contributed by atoms with E-state index in [0.29, 0.717) is 6.01 Å². The highest BCUT2D eigenvalue weighted by Gasteiger charge is 2.30. The van der Waals surface area contributed by atoms with Gasteiger partial charge in [0.1, 0.15) is 5.52 Å². The van der Waals surface area contributed by atoms with Crippen molar-refractivity contribution in [2.75, 3.05) is 23.7 Å². The molecule has 1 saturated heterocycles. The summed E-state index contributed by atoms with van der Waals surface area (Å²) in [5.74, 6) is 1.30. The number of para-hydroxylation sites is 2. The molecule has 2 aliphatic heterocycles. The van der Waals surface area contributed by atoms with Gasteiger partial charge in [0, 0.05) is 29.7 Å². The third-order valence-electron chi connectivity index (χ3n) is 5.69. The van der Waals surface area contributed by atoms with Crippen LogP contribution in [-0.4, -0.2) is 29.7 Å². The van der Waals surface area contributed by atoms with Crippen LogP contribution in [0.2, 0.25) is 0 Å². The molecule has 0 bridgehead atoms. The molecule has 1 amide bonds. The van der Waals surface area contributed by atoms with Crippen LogP contribution in [0.3, 0.4) is 0 Å². The summed E-state index contributed by atoms with van der Waals surface area (Å²) in [6, 6.07) is 17.0. The molecule has 3 heterocycles. The van der Waals surface area contributed by atoms with Crippen LogP contribution in [0.5, 0.6) is 0 Å². The van der Waals surface area contributed by atoms with E-state index in [1.807, 2.05) is 36.0 Å². The first-order valence-corrected chi connectivity index (χ1v) is 10.9. The number of piperidine rings is 1. The number of carbonyl (C=O) groups excluding carboxylic acids is 1. The largest absolute Gasteiger partial charge is 0.423 e. The molecule has 5 nitrogen and oxygen atoms in total. The fourth-order valence-corrected chi connectivity index (χ4v) is 5.24. The van der Waals surface area contributed by atoms with Crippen LogP contribution < -0.4 is 10.2 Å². The highest BCUT2D eigenvalue weighted by atomic mass is 32.2. The average molecular weight is 394 g/mol. The zero-order chi connectivity index (χ0) is 18.9. The molecule has 0 aliphatic carbocycles. The highest BCUT2D eigenvalue weighted by Crippen LogP contribution is 2.36. The number of hydrogen-bond donors (Lipinski definition) is 1. The highest BCUT2D eigenvalue weighted by molar-refractivity contribution is 7.99. The van der Waals surface area contributed by atoms with Crippen molar-refractivity contribution in [1.82, 2.24) is 10.3 Å². The van der Waals surface area contributed by atoms with Gasteiger partial charge in [-0.15, -0.1) is 11.8 Å². The van der Waals surface area contributed by atoms with E-state index in [2.05, 4.69) is 39.5 Å². The van der Waals surface area contributed by atoms with Crippen LogP contribution in [0.1, 0.15) is 30.9 Å². The Labute approximate surface area is 168 Å². The topological polar surface area (TPSA) is 58.4 Å². The molecule has 144 valence electrons. The lowest BCUT2D eigenvalue weighted by molar-refractivity contribution is -0.126. The minimum atomic E-state index is 0.0578. The van der Waals surface area contributed by atoms with E-state index in [0.717, 1.165) is 49.2 Å². The standard InChI is InChI=1S/C22H23N3O2S/c26-21(23-17-11-14-28-20-8-4-1-5-16(17)20)15-9-12-25(13-10-15)22-24-18-6-2-3-7-19(18)27-22/h1-8,15,17H,9-14H2,(H,23,26). The molecular formula is C22H23N3O2S. The lowest BCUT2D eigenvalue weighted by atomic mass is 9.94. The number of rotatable bonds is 3. The molecule has 1 aromatic heterocycles. The van der Waals surface area contributed by atoms with E-state index in [-0.39, 0.29) is 17.9 Å². The number of nitrogens with zero attached hydrogens (tertiary/aromatic N) is 2. The van der Waals surface area contributed by atoms with E-state index in [1.54, 1.807) is 0 Å². The van der Waals surface area contributed by atoms with Crippen LogP contribution in [0, 0.1) is 5.92 Å². The SMILES string of the molecule is O=C(NC1CCSc2ccccc21)C1CCN(c2nc3ccccc3o2)CC1. The fourth-order valence-electron chi connectivity index (χ4n) is 4.11. The van der Waals surface area contributed by atoms with Crippen molar-refractivity contribution < 1.29 is 9.21 Å². The summed E-state index contributed by atoms with van der Waals surface area (Å²) >= 11 is 1.88. The molecule has 1 N–H and O–H groups in total. The van der Waals surface area contributed by atoms with Gasteiger partial charge in [0.2, 0.25) is 5.91 Å². The molecule has 1 fully saturated rings. The van der Waals surface area contributed by atoms with Gasteiger partial charge in [0.15, 0.2) is 5.58 Å². The molecule has 2 aromatic carbocycles.